The van der Waals surface area contributed by atoms with Crippen LogP contribution >= 0.6 is 0 Å². The van der Waals surface area contributed by atoms with Crippen LogP contribution < -0.4 is 10.6 Å². The van der Waals surface area contributed by atoms with Crippen molar-refractivity contribution in [2.75, 3.05) is 0 Å². The van der Waals surface area contributed by atoms with Gasteiger partial charge in [-0.1, -0.05) is 0 Å². The molecule has 0 aromatic rings. The summed E-state index contributed by atoms with van der Waals surface area (Å²) >= 11 is 0. The third-order valence-electron chi connectivity index (χ3n) is 1.67. The van der Waals surface area contributed by atoms with E-state index in [9.17, 15) is 19.2 Å². The van der Waals surface area contributed by atoms with Crippen LogP contribution in [0, 0.1) is 0 Å². The molecule has 2 aliphatic heterocycles. The fourth-order valence-corrected chi connectivity index (χ4v) is 1.06. The number of carbonyl (C=O) groups excluding carboxylic acids is 4. The summed E-state index contributed by atoms with van der Waals surface area (Å²) in [5, 5.41) is 3.86. The van der Waals surface area contributed by atoms with Crippen LogP contribution in [0.1, 0.15) is 0 Å². The lowest BCUT2D eigenvalue weighted by atomic mass is 10.4. The topological polar surface area (TPSA) is 102 Å². The molecule has 2 heterocycles. The Morgan fingerprint density at radius 2 is 1.20 bits per heavy atom. The molecule has 0 spiro atoms. The highest BCUT2D eigenvalue weighted by Crippen LogP contribution is 2.13. The Morgan fingerprint density at radius 1 is 0.800 bits per heavy atom. The predicted molar refractivity (Wildman–Crippen MR) is 43.6 cm³/mol. The van der Waals surface area contributed by atoms with Gasteiger partial charge in [0.2, 0.25) is 0 Å². The minimum Gasteiger partial charge on any atom is -0.445 e. The third kappa shape index (κ3) is 1.62. The molecule has 7 heteroatoms. The zero-order chi connectivity index (χ0) is 11.0. The first-order valence-electron chi connectivity index (χ1n) is 3.88. The van der Waals surface area contributed by atoms with Crippen molar-refractivity contribution in [1.82, 2.24) is 10.6 Å². The maximum atomic E-state index is 11.0. The second-order valence-corrected chi connectivity index (χ2v) is 2.76. The number of imide groups is 2. The fourth-order valence-electron chi connectivity index (χ4n) is 1.06. The molecular formula is C8H4N2O5. The summed E-state index contributed by atoms with van der Waals surface area (Å²) < 4.78 is 4.79. The number of amides is 4. The molecule has 2 aliphatic rings. The van der Waals surface area contributed by atoms with Crippen molar-refractivity contribution in [2.45, 2.75) is 0 Å². The van der Waals surface area contributed by atoms with Crippen molar-refractivity contribution in [3.63, 3.8) is 0 Å². The molecule has 15 heavy (non-hydrogen) atoms. The number of ether oxygens (including phenoxy) is 1. The second-order valence-electron chi connectivity index (χ2n) is 2.76. The van der Waals surface area contributed by atoms with E-state index in [-0.39, 0.29) is 11.5 Å². The minimum atomic E-state index is -0.743. The Bertz CT molecular complexity index is 418. The standard InChI is InChI=1S/C8H4N2O5/c11-5-1-3(7(13)9-5)15-4-2-6(12)10-8(4)14/h1-2H,(H,9,11,13)(H,10,12,14). The van der Waals surface area contributed by atoms with Crippen molar-refractivity contribution >= 4 is 23.6 Å². The quantitative estimate of drug-likeness (QED) is 0.515. The van der Waals surface area contributed by atoms with Crippen LogP contribution in [-0.2, 0) is 23.9 Å². The second kappa shape index (κ2) is 3.05. The number of hydrogen-bond acceptors (Lipinski definition) is 5. The maximum absolute atomic E-state index is 11.0. The molecule has 2 rings (SSSR count). The van der Waals surface area contributed by atoms with Crippen LogP contribution in [0.4, 0.5) is 0 Å². The van der Waals surface area contributed by atoms with Gasteiger partial charge >= 0.3 is 0 Å². The monoisotopic (exact) mass is 208 g/mol. The first-order valence-corrected chi connectivity index (χ1v) is 3.88. The number of carbonyl (C=O) groups is 4. The van der Waals surface area contributed by atoms with E-state index >= 15 is 0 Å². The largest absolute Gasteiger partial charge is 0.445 e. The number of nitrogens with one attached hydrogen (secondary N) is 2. The first-order chi connectivity index (χ1) is 7.06. The van der Waals surface area contributed by atoms with E-state index in [0.29, 0.717) is 0 Å². The van der Waals surface area contributed by atoms with Crippen molar-refractivity contribution in [1.29, 1.82) is 0 Å². The normalized spacial score (nSPS) is 19.7. The van der Waals surface area contributed by atoms with Crippen LogP contribution in [0.2, 0.25) is 0 Å². The zero-order valence-corrected chi connectivity index (χ0v) is 7.20. The Kier molecular flexibility index (Phi) is 1.86. The molecule has 0 saturated heterocycles. The van der Waals surface area contributed by atoms with E-state index in [2.05, 4.69) is 0 Å². The molecule has 0 bridgehead atoms. The highest BCUT2D eigenvalue weighted by Gasteiger charge is 2.29. The van der Waals surface area contributed by atoms with E-state index in [1.807, 2.05) is 10.6 Å². The summed E-state index contributed by atoms with van der Waals surface area (Å²) in [4.78, 5) is 43.4. The fraction of sp³-hybridized carbons (Fsp3) is 0. The molecule has 0 radical (unpaired) electrons. The lowest BCUT2D eigenvalue weighted by molar-refractivity contribution is -0.125. The Balaban J connectivity index is 2.17. The summed E-state index contributed by atoms with van der Waals surface area (Å²) in [6.07, 6.45) is 1.80. The Labute approximate surface area is 82.8 Å². The smallest absolute Gasteiger partial charge is 0.294 e. The molecule has 0 fully saturated rings. The Hall–Kier alpha value is -2.44. The van der Waals surface area contributed by atoms with Gasteiger partial charge in [0.15, 0.2) is 11.5 Å². The first kappa shape index (κ1) is 9.13. The number of hydrogen-bond donors (Lipinski definition) is 2. The summed E-state index contributed by atoms with van der Waals surface area (Å²) in [5.41, 5.74) is 0. The lowest BCUT2D eigenvalue weighted by Gasteiger charge is -2.01. The van der Waals surface area contributed by atoms with Crippen LogP contribution in [0.3, 0.4) is 0 Å². The molecular weight excluding hydrogens is 204 g/mol. The number of rotatable bonds is 2. The highest BCUT2D eigenvalue weighted by molar-refractivity contribution is 6.17. The van der Waals surface area contributed by atoms with Gasteiger partial charge < -0.3 is 4.74 Å². The van der Waals surface area contributed by atoms with Crippen LogP contribution in [0.25, 0.3) is 0 Å². The minimum absolute atomic E-state index is 0.309. The van der Waals surface area contributed by atoms with Gasteiger partial charge in [0, 0.05) is 0 Å². The molecule has 0 aromatic carbocycles. The van der Waals surface area contributed by atoms with Gasteiger partial charge in [-0.3, -0.25) is 29.8 Å². The van der Waals surface area contributed by atoms with Gasteiger partial charge in [0.25, 0.3) is 23.6 Å². The SMILES string of the molecule is O=C1C=C(OC2=CC(=O)NC2=O)C(=O)N1. The molecule has 2 N–H and O–H groups in total. The van der Waals surface area contributed by atoms with Crippen molar-refractivity contribution in [3.05, 3.63) is 23.7 Å². The maximum Gasteiger partial charge on any atom is 0.294 e. The summed E-state index contributed by atoms with van der Waals surface area (Å²) in [5.74, 6) is -3.35. The average Bonchev–Trinajstić information content (AvgIpc) is 2.58. The summed E-state index contributed by atoms with van der Waals surface area (Å²) in [7, 11) is 0. The lowest BCUT2D eigenvalue weighted by Crippen LogP contribution is -2.25. The van der Waals surface area contributed by atoms with Gasteiger partial charge in [0.05, 0.1) is 12.2 Å². The molecule has 0 aromatic heterocycles. The molecule has 0 saturated carbocycles. The van der Waals surface area contributed by atoms with Gasteiger partial charge in [-0.25, -0.2) is 0 Å². The van der Waals surface area contributed by atoms with Crippen LogP contribution in [0.5, 0.6) is 0 Å². The summed E-state index contributed by atoms with van der Waals surface area (Å²) in [6.45, 7) is 0. The van der Waals surface area contributed by atoms with E-state index in [1.54, 1.807) is 0 Å². The Morgan fingerprint density at radius 3 is 1.47 bits per heavy atom. The molecule has 0 atom stereocenters. The van der Waals surface area contributed by atoms with E-state index < -0.39 is 23.6 Å². The molecule has 7 nitrogen and oxygen atoms in total. The van der Waals surface area contributed by atoms with Crippen molar-refractivity contribution in [2.24, 2.45) is 0 Å². The summed E-state index contributed by atoms with van der Waals surface area (Å²) in [6, 6.07) is 0. The van der Waals surface area contributed by atoms with Crippen molar-refractivity contribution < 1.29 is 23.9 Å². The van der Waals surface area contributed by atoms with E-state index in [1.165, 1.54) is 0 Å². The molecule has 4 amide bonds. The van der Waals surface area contributed by atoms with Crippen LogP contribution in [-0.4, -0.2) is 23.6 Å². The molecule has 0 unspecified atom stereocenters. The van der Waals surface area contributed by atoms with Gasteiger partial charge in [-0.05, 0) is 0 Å². The zero-order valence-electron chi connectivity index (χ0n) is 7.20. The van der Waals surface area contributed by atoms with Gasteiger partial charge in [-0.15, -0.1) is 0 Å². The van der Waals surface area contributed by atoms with Crippen LogP contribution in [0.15, 0.2) is 23.7 Å². The highest BCUT2D eigenvalue weighted by atomic mass is 16.5. The van der Waals surface area contributed by atoms with E-state index in [4.69, 9.17) is 4.74 Å². The molecule has 76 valence electrons. The van der Waals surface area contributed by atoms with Gasteiger partial charge in [-0.2, -0.15) is 0 Å². The van der Waals surface area contributed by atoms with Gasteiger partial charge in [0.1, 0.15) is 0 Å². The van der Waals surface area contributed by atoms with Crippen molar-refractivity contribution in [3.8, 4) is 0 Å². The average molecular weight is 208 g/mol. The van der Waals surface area contributed by atoms with E-state index in [0.717, 1.165) is 12.2 Å². The predicted octanol–water partition coefficient (Wildman–Crippen LogP) is -1.92. The third-order valence-corrected chi connectivity index (χ3v) is 1.67. The molecule has 0 aliphatic carbocycles.